The topological polar surface area (TPSA) is 61.8 Å². The second kappa shape index (κ2) is 8.17. The number of benzene rings is 1. The molecule has 1 saturated heterocycles. The predicted molar refractivity (Wildman–Crippen MR) is 107 cm³/mol. The number of rotatable bonds is 5. The zero-order valence-electron chi connectivity index (χ0n) is 16.6. The van der Waals surface area contributed by atoms with E-state index in [4.69, 9.17) is 4.74 Å². The van der Waals surface area contributed by atoms with Crippen LogP contribution in [0.15, 0.2) is 47.7 Å². The van der Waals surface area contributed by atoms with Crippen molar-refractivity contribution >= 4 is 5.91 Å². The molecule has 1 aromatic rings. The van der Waals surface area contributed by atoms with E-state index in [1.807, 2.05) is 0 Å². The number of nitrogens with zero attached hydrogens (tertiary/aromatic N) is 1. The number of amides is 1. The van der Waals surface area contributed by atoms with Gasteiger partial charge in [-0.15, -0.1) is 0 Å². The van der Waals surface area contributed by atoms with E-state index in [1.165, 1.54) is 11.6 Å². The summed E-state index contributed by atoms with van der Waals surface area (Å²) < 4.78 is 5.47. The van der Waals surface area contributed by atoms with Crippen molar-refractivity contribution in [2.24, 2.45) is 11.8 Å². The number of hydrogen-bond acceptors (Lipinski definition) is 4. The van der Waals surface area contributed by atoms with E-state index in [2.05, 4.69) is 43.1 Å². The molecule has 3 rings (SSSR count). The number of hydrogen-bond donors (Lipinski definition) is 2. The quantitative estimate of drug-likeness (QED) is 0.835. The summed E-state index contributed by atoms with van der Waals surface area (Å²) in [7, 11) is 1.73. The molecule has 5 nitrogen and oxygen atoms in total. The number of para-hydroxylation sites is 1. The van der Waals surface area contributed by atoms with Crippen LogP contribution in [0.4, 0.5) is 0 Å². The maximum Gasteiger partial charge on any atom is 0.255 e. The number of carbonyl (C=O) groups excluding carboxylic acids is 1. The highest BCUT2D eigenvalue weighted by atomic mass is 16.5. The van der Waals surface area contributed by atoms with E-state index in [0.717, 1.165) is 25.3 Å². The summed E-state index contributed by atoms with van der Waals surface area (Å²) in [6, 6.07) is 7.09. The Bertz CT molecular complexity index is 756. The van der Waals surface area contributed by atoms with Gasteiger partial charge in [-0.25, -0.2) is 0 Å². The lowest BCUT2D eigenvalue weighted by molar-refractivity contribution is 0.0934. The average molecular weight is 370 g/mol. The lowest BCUT2D eigenvalue weighted by atomic mass is 9.80. The Hall–Kier alpha value is -2.27. The van der Waals surface area contributed by atoms with Gasteiger partial charge in [-0.2, -0.15) is 0 Å². The van der Waals surface area contributed by atoms with Gasteiger partial charge >= 0.3 is 0 Å². The fourth-order valence-electron chi connectivity index (χ4n) is 4.19. The van der Waals surface area contributed by atoms with Crippen LogP contribution in [-0.2, 0) is 4.74 Å². The summed E-state index contributed by atoms with van der Waals surface area (Å²) in [5.74, 6) is 1.65. The number of methoxy groups -OCH3 is 1. The van der Waals surface area contributed by atoms with Gasteiger partial charge in [-0.1, -0.05) is 32.1 Å². The molecule has 1 aromatic carbocycles. The van der Waals surface area contributed by atoms with Crippen molar-refractivity contribution in [1.29, 1.82) is 0 Å². The fraction of sp³-hybridized carbons (Fsp3) is 0.500. The van der Waals surface area contributed by atoms with E-state index in [9.17, 15) is 9.90 Å². The SMILES string of the molecule is COC1=CC=C(C(C)N2CC[C@@H](NC(=O)c3ccccc3O)C2)C(C)C1C. The summed E-state index contributed by atoms with van der Waals surface area (Å²) in [6.45, 7) is 8.48. The van der Waals surface area contributed by atoms with Crippen LogP contribution in [0.5, 0.6) is 5.75 Å². The summed E-state index contributed by atoms with van der Waals surface area (Å²) in [5, 5.41) is 12.9. The first kappa shape index (κ1) is 19.5. The fourth-order valence-corrected chi connectivity index (χ4v) is 4.19. The largest absolute Gasteiger partial charge is 0.507 e. The first-order valence-electron chi connectivity index (χ1n) is 9.71. The van der Waals surface area contributed by atoms with Gasteiger partial charge in [-0.3, -0.25) is 9.69 Å². The number of ether oxygens (including phenoxy) is 1. The molecule has 27 heavy (non-hydrogen) atoms. The van der Waals surface area contributed by atoms with E-state index in [1.54, 1.807) is 25.3 Å². The lowest BCUT2D eigenvalue weighted by Crippen LogP contribution is -2.41. The standard InChI is InChI=1S/C22H30N2O3/c1-14-15(2)21(27-4)10-9-18(14)16(3)24-12-11-17(13-24)23-22(26)19-7-5-6-8-20(19)25/h5-10,14-17,25H,11-13H2,1-4H3,(H,23,26)/t14?,15?,16?,17-/m1/s1. The Morgan fingerprint density at radius 3 is 2.70 bits per heavy atom. The number of phenolic OH excluding ortho intramolecular Hbond substituents is 1. The van der Waals surface area contributed by atoms with E-state index in [0.29, 0.717) is 23.4 Å². The molecular formula is C22H30N2O3. The van der Waals surface area contributed by atoms with Gasteiger partial charge in [0.15, 0.2) is 0 Å². The molecule has 0 radical (unpaired) electrons. The summed E-state index contributed by atoms with van der Waals surface area (Å²) in [4.78, 5) is 14.9. The maximum absolute atomic E-state index is 12.4. The summed E-state index contributed by atoms with van der Waals surface area (Å²) in [5.41, 5.74) is 1.75. The van der Waals surface area contributed by atoms with Gasteiger partial charge in [0.2, 0.25) is 0 Å². The number of nitrogens with one attached hydrogen (secondary N) is 1. The molecule has 0 saturated carbocycles. The van der Waals surface area contributed by atoms with Crippen molar-refractivity contribution in [2.45, 2.75) is 39.3 Å². The smallest absolute Gasteiger partial charge is 0.255 e. The number of phenols is 1. The van der Waals surface area contributed by atoms with Gasteiger partial charge in [0.1, 0.15) is 5.75 Å². The van der Waals surface area contributed by atoms with Crippen molar-refractivity contribution in [2.75, 3.05) is 20.2 Å². The Labute approximate surface area is 161 Å². The van der Waals surface area contributed by atoms with E-state index < -0.39 is 0 Å². The summed E-state index contributed by atoms with van der Waals surface area (Å²) in [6.07, 6.45) is 5.20. The molecule has 0 bridgehead atoms. The zero-order chi connectivity index (χ0) is 19.6. The molecule has 146 valence electrons. The van der Waals surface area contributed by atoms with Crippen molar-refractivity contribution in [1.82, 2.24) is 10.2 Å². The molecule has 2 aliphatic rings. The molecule has 3 unspecified atom stereocenters. The molecule has 0 spiro atoms. The molecule has 1 aliphatic heterocycles. The lowest BCUT2D eigenvalue weighted by Gasteiger charge is -2.35. The van der Waals surface area contributed by atoms with Crippen LogP contribution in [0.2, 0.25) is 0 Å². The number of allylic oxidation sites excluding steroid dienone is 3. The second-order valence-corrected chi connectivity index (χ2v) is 7.66. The minimum atomic E-state index is -0.209. The highest BCUT2D eigenvalue weighted by Gasteiger charge is 2.33. The molecule has 2 N–H and O–H groups in total. The molecule has 1 aliphatic carbocycles. The van der Waals surface area contributed by atoms with Crippen LogP contribution in [0.1, 0.15) is 37.6 Å². The van der Waals surface area contributed by atoms with Crippen molar-refractivity contribution in [3.05, 3.63) is 53.3 Å². The van der Waals surface area contributed by atoms with Gasteiger partial charge in [-0.05, 0) is 43.0 Å². The van der Waals surface area contributed by atoms with Crippen LogP contribution >= 0.6 is 0 Å². The maximum atomic E-state index is 12.4. The van der Waals surface area contributed by atoms with Crippen molar-refractivity contribution in [3.8, 4) is 5.75 Å². The van der Waals surface area contributed by atoms with Crippen LogP contribution in [0.3, 0.4) is 0 Å². The normalized spacial score (nSPS) is 26.9. The number of carbonyl (C=O) groups is 1. The second-order valence-electron chi connectivity index (χ2n) is 7.66. The minimum absolute atomic E-state index is 0.0223. The Balaban J connectivity index is 1.62. The van der Waals surface area contributed by atoms with Crippen molar-refractivity contribution < 1.29 is 14.6 Å². The van der Waals surface area contributed by atoms with Crippen LogP contribution < -0.4 is 5.32 Å². The zero-order valence-corrected chi connectivity index (χ0v) is 16.6. The highest BCUT2D eigenvalue weighted by molar-refractivity contribution is 5.96. The molecule has 1 amide bonds. The minimum Gasteiger partial charge on any atom is -0.507 e. The van der Waals surface area contributed by atoms with Crippen LogP contribution in [-0.4, -0.2) is 48.2 Å². The van der Waals surface area contributed by atoms with E-state index in [-0.39, 0.29) is 17.7 Å². The highest BCUT2D eigenvalue weighted by Crippen LogP contribution is 2.35. The first-order chi connectivity index (χ1) is 12.9. The molecule has 5 heteroatoms. The van der Waals surface area contributed by atoms with Gasteiger partial charge in [0.05, 0.1) is 18.4 Å². The van der Waals surface area contributed by atoms with Gasteiger partial charge in [0, 0.05) is 31.1 Å². The molecule has 1 heterocycles. The monoisotopic (exact) mass is 370 g/mol. The van der Waals surface area contributed by atoms with E-state index >= 15 is 0 Å². The third kappa shape index (κ3) is 4.03. The van der Waals surface area contributed by atoms with Crippen LogP contribution in [0, 0.1) is 11.8 Å². The average Bonchev–Trinajstić information content (AvgIpc) is 3.12. The third-order valence-corrected chi connectivity index (χ3v) is 6.13. The Morgan fingerprint density at radius 1 is 1.26 bits per heavy atom. The third-order valence-electron chi connectivity index (χ3n) is 6.13. The molecular weight excluding hydrogens is 340 g/mol. The Morgan fingerprint density at radius 2 is 2.00 bits per heavy atom. The molecule has 1 fully saturated rings. The molecule has 4 atom stereocenters. The Kier molecular flexibility index (Phi) is 5.90. The first-order valence-corrected chi connectivity index (χ1v) is 9.71. The predicted octanol–water partition coefficient (Wildman–Crippen LogP) is 3.33. The van der Waals surface area contributed by atoms with Crippen molar-refractivity contribution in [3.63, 3.8) is 0 Å². The summed E-state index contributed by atoms with van der Waals surface area (Å²) >= 11 is 0. The number of likely N-dealkylation sites (tertiary alicyclic amines) is 1. The van der Waals surface area contributed by atoms with Gasteiger partial charge < -0.3 is 15.2 Å². The van der Waals surface area contributed by atoms with Gasteiger partial charge in [0.25, 0.3) is 5.91 Å². The molecule has 0 aromatic heterocycles. The van der Waals surface area contributed by atoms with Crippen LogP contribution in [0.25, 0.3) is 0 Å². The number of aromatic hydroxyl groups is 1.